The Hall–Kier alpha value is 0.840. The maximum absolute atomic E-state index is 10.7. The summed E-state index contributed by atoms with van der Waals surface area (Å²) in [6, 6.07) is 1.96. The van der Waals surface area contributed by atoms with E-state index in [1.165, 1.54) is 0 Å². The van der Waals surface area contributed by atoms with Crippen molar-refractivity contribution in [3.63, 3.8) is 0 Å². The Labute approximate surface area is 145 Å². The second-order valence-corrected chi connectivity index (χ2v) is 5.39. The van der Waals surface area contributed by atoms with Crippen molar-refractivity contribution in [2.75, 3.05) is 0 Å². The Morgan fingerprint density at radius 1 is 0.941 bits per heavy atom. The minimum Gasteiger partial charge on any atom is -1.00 e. The summed E-state index contributed by atoms with van der Waals surface area (Å²) < 4.78 is 59.7. The van der Waals surface area contributed by atoms with E-state index >= 15 is 0 Å². The number of aromatic hydroxyl groups is 1. The molecule has 1 aromatic rings. The van der Waals surface area contributed by atoms with Crippen molar-refractivity contribution >= 4 is 20.2 Å². The monoisotopic (exact) mass is 302 g/mol. The maximum atomic E-state index is 10.7. The van der Waals surface area contributed by atoms with Crippen LogP contribution in [0.3, 0.4) is 0 Å². The quantitative estimate of drug-likeness (QED) is 0.366. The number of benzene rings is 1. The molecule has 0 aliphatic rings. The molecule has 3 N–H and O–H groups in total. The predicted octanol–water partition coefficient (Wildman–Crippen LogP) is -5.88. The molecule has 0 atom stereocenters. The van der Waals surface area contributed by atoms with Crippen LogP contribution in [0.4, 0.5) is 0 Å². The van der Waals surface area contributed by atoms with Gasteiger partial charge in [0.05, 0.1) is 4.90 Å². The van der Waals surface area contributed by atoms with Crippen molar-refractivity contribution in [3.05, 3.63) is 18.2 Å². The zero-order valence-electron chi connectivity index (χ0n) is 11.0. The van der Waals surface area contributed by atoms with Gasteiger partial charge in [0, 0.05) is 0 Å². The van der Waals surface area contributed by atoms with Crippen LogP contribution in [-0.4, -0.2) is 31.0 Å². The van der Waals surface area contributed by atoms with E-state index in [0.29, 0.717) is 6.07 Å². The molecule has 88 valence electrons. The molecule has 0 aliphatic heterocycles. The maximum Gasteiger partial charge on any atom is 1.00 e. The van der Waals surface area contributed by atoms with Crippen LogP contribution >= 0.6 is 0 Å². The molecule has 0 saturated carbocycles. The minimum atomic E-state index is -4.74. The average Bonchev–Trinajstić information content (AvgIpc) is 2.00. The fourth-order valence-electron chi connectivity index (χ4n) is 0.862. The van der Waals surface area contributed by atoms with E-state index in [0.717, 1.165) is 12.1 Å². The smallest absolute Gasteiger partial charge is 1.00 e. The van der Waals surface area contributed by atoms with Crippen LogP contribution in [0.5, 0.6) is 5.75 Å². The van der Waals surface area contributed by atoms with Gasteiger partial charge in [-0.25, -0.2) is 0 Å². The number of phenolic OH excluding ortho intramolecular Hbond substituents is 1. The molecule has 11 heteroatoms. The van der Waals surface area contributed by atoms with Crippen molar-refractivity contribution in [1.82, 2.24) is 0 Å². The van der Waals surface area contributed by atoms with E-state index in [2.05, 4.69) is 0 Å². The Kier molecular flexibility index (Phi) is 8.12. The first-order valence-corrected chi connectivity index (χ1v) is 6.28. The van der Waals surface area contributed by atoms with Crippen molar-refractivity contribution in [2.24, 2.45) is 0 Å². The SMILES string of the molecule is O=S(=O)(O)c1ccc(O)c(S(=O)(=O)O)c1.[H-].[H-].[Na+].[Na+]. The summed E-state index contributed by atoms with van der Waals surface area (Å²) in [6.07, 6.45) is 0. The average molecular weight is 302 g/mol. The van der Waals surface area contributed by atoms with E-state index in [1.807, 2.05) is 0 Å². The number of rotatable bonds is 2. The van der Waals surface area contributed by atoms with E-state index in [9.17, 15) is 16.8 Å². The summed E-state index contributed by atoms with van der Waals surface area (Å²) in [5, 5.41) is 9.02. The first-order chi connectivity index (χ1) is 6.62. The second-order valence-electron chi connectivity index (χ2n) is 2.58. The van der Waals surface area contributed by atoms with Crippen LogP contribution in [0.15, 0.2) is 28.0 Å². The third-order valence-corrected chi connectivity index (χ3v) is 3.24. The van der Waals surface area contributed by atoms with Crippen molar-refractivity contribution < 1.29 is 93.0 Å². The molecule has 0 fully saturated rings. The third-order valence-electron chi connectivity index (χ3n) is 1.51. The summed E-state index contributed by atoms with van der Waals surface area (Å²) in [4.78, 5) is -1.73. The number of phenols is 1. The predicted molar refractivity (Wildman–Crippen MR) is 50.0 cm³/mol. The summed E-state index contributed by atoms with van der Waals surface area (Å²) in [5.74, 6) is -0.815. The Morgan fingerprint density at radius 3 is 1.76 bits per heavy atom. The standard InChI is InChI=1S/C6H6O7S2.2Na.2H/c7-5-2-1-4(14(8,9)10)3-6(5)15(11,12)13;;;;/h1-3,7H,(H,8,9,10)(H,11,12,13);;;;/q;2*+1;2*-1. The molecule has 0 amide bonds. The molecule has 0 heterocycles. The van der Waals surface area contributed by atoms with Crippen LogP contribution in [0.1, 0.15) is 2.85 Å². The molecular formula is C6H8Na2O7S2. The van der Waals surface area contributed by atoms with Gasteiger partial charge < -0.3 is 7.96 Å². The first kappa shape index (κ1) is 20.2. The molecule has 1 rings (SSSR count). The van der Waals surface area contributed by atoms with Gasteiger partial charge >= 0.3 is 59.1 Å². The molecule has 7 nitrogen and oxygen atoms in total. The Bertz CT molecular complexity index is 602. The molecule has 1 aromatic carbocycles. The summed E-state index contributed by atoms with van der Waals surface area (Å²) in [7, 11) is -9.33. The van der Waals surface area contributed by atoms with Crippen LogP contribution in [0.2, 0.25) is 0 Å². The number of hydrogen-bond acceptors (Lipinski definition) is 5. The second kappa shape index (κ2) is 6.85. The van der Waals surface area contributed by atoms with Crippen molar-refractivity contribution in [1.29, 1.82) is 0 Å². The zero-order valence-corrected chi connectivity index (χ0v) is 14.7. The molecule has 0 bridgehead atoms. The van der Waals surface area contributed by atoms with Crippen LogP contribution in [0, 0.1) is 0 Å². The molecule has 0 aromatic heterocycles. The van der Waals surface area contributed by atoms with Gasteiger partial charge in [0.15, 0.2) is 0 Å². The molecule has 17 heavy (non-hydrogen) atoms. The van der Waals surface area contributed by atoms with Crippen LogP contribution in [0.25, 0.3) is 0 Å². The minimum absolute atomic E-state index is 0. The Balaban J connectivity index is -0.000000281. The van der Waals surface area contributed by atoms with Gasteiger partial charge in [-0.15, -0.1) is 0 Å². The van der Waals surface area contributed by atoms with E-state index in [1.54, 1.807) is 0 Å². The molecule has 0 saturated heterocycles. The Morgan fingerprint density at radius 2 is 1.41 bits per heavy atom. The van der Waals surface area contributed by atoms with E-state index < -0.39 is 35.8 Å². The first-order valence-electron chi connectivity index (χ1n) is 3.40. The largest absolute Gasteiger partial charge is 1.00 e. The van der Waals surface area contributed by atoms with Crippen LogP contribution in [-0.2, 0) is 20.2 Å². The van der Waals surface area contributed by atoms with Gasteiger partial charge in [-0.2, -0.15) is 16.8 Å². The van der Waals surface area contributed by atoms with Gasteiger partial charge in [-0.1, -0.05) is 0 Å². The van der Waals surface area contributed by atoms with Gasteiger partial charge in [0.1, 0.15) is 10.6 Å². The molecule has 0 aliphatic carbocycles. The molecule has 0 radical (unpaired) electrons. The van der Waals surface area contributed by atoms with E-state index in [-0.39, 0.29) is 62.0 Å². The van der Waals surface area contributed by atoms with Gasteiger partial charge in [-0.3, -0.25) is 9.11 Å². The summed E-state index contributed by atoms with van der Waals surface area (Å²) in [6.45, 7) is 0. The fourth-order valence-corrected chi connectivity index (χ4v) is 2.05. The van der Waals surface area contributed by atoms with Crippen LogP contribution < -0.4 is 59.1 Å². The number of hydrogen-bond donors (Lipinski definition) is 3. The molecular weight excluding hydrogens is 294 g/mol. The third kappa shape index (κ3) is 5.55. The summed E-state index contributed by atoms with van der Waals surface area (Å²) in [5.41, 5.74) is 0. The summed E-state index contributed by atoms with van der Waals surface area (Å²) >= 11 is 0. The zero-order chi connectivity index (χ0) is 11.9. The molecule has 0 unspecified atom stereocenters. The van der Waals surface area contributed by atoms with Gasteiger partial charge in [0.25, 0.3) is 20.2 Å². The van der Waals surface area contributed by atoms with Gasteiger partial charge in [0.2, 0.25) is 0 Å². The normalized spacial score (nSPS) is 11.2. The van der Waals surface area contributed by atoms with Gasteiger partial charge in [-0.05, 0) is 18.2 Å². The fraction of sp³-hybridized carbons (Fsp3) is 0. The van der Waals surface area contributed by atoms with E-state index in [4.69, 9.17) is 14.2 Å². The van der Waals surface area contributed by atoms with Crippen molar-refractivity contribution in [2.45, 2.75) is 9.79 Å². The topological polar surface area (TPSA) is 129 Å². The molecule has 0 spiro atoms. The van der Waals surface area contributed by atoms with Crippen molar-refractivity contribution in [3.8, 4) is 5.75 Å².